The molecule has 0 N–H and O–H groups in total. The number of halogens is 1. The number of hydrogen-bond acceptors (Lipinski definition) is 3. The summed E-state index contributed by atoms with van der Waals surface area (Å²) in [7, 11) is 0. The largest absolute Gasteiger partial charge is 0.352 e. The Bertz CT molecular complexity index is 302. The Hall–Kier alpha value is -0.640. The van der Waals surface area contributed by atoms with Gasteiger partial charge in [-0.1, -0.05) is 22.9 Å². The van der Waals surface area contributed by atoms with E-state index in [1.807, 2.05) is 6.20 Å². The summed E-state index contributed by atoms with van der Waals surface area (Å²) in [5.74, 6) is 1.02. The van der Waals surface area contributed by atoms with Crippen LogP contribution in [0.2, 0.25) is 0 Å². The molecule has 0 aliphatic carbocycles. The Morgan fingerprint density at radius 3 is 3.13 bits per heavy atom. The summed E-state index contributed by atoms with van der Waals surface area (Å²) in [5, 5.41) is 0. The van der Waals surface area contributed by atoms with Crippen molar-refractivity contribution in [3.8, 4) is 0 Å². The lowest BCUT2D eigenvalue weighted by Crippen LogP contribution is -2.31. The average Bonchev–Trinajstić information content (AvgIpc) is 2.66. The second-order valence-corrected chi connectivity index (χ2v) is 5.63. The Kier molecular flexibility index (Phi) is 3.57. The van der Waals surface area contributed by atoms with Gasteiger partial charge in [0.2, 0.25) is 0 Å². The highest BCUT2D eigenvalue weighted by molar-refractivity contribution is 9.09. The van der Waals surface area contributed by atoms with Crippen molar-refractivity contribution in [1.82, 2.24) is 9.97 Å². The lowest BCUT2D eigenvalue weighted by molar-refractivity contribution is 0.607. The fourth-order valence-corrected chi connectivity index (χ4v) is 2.63. The molecule has 2 heterocycles. The van der Waals surface area contributed by atoms with E-state index in [1.165, 1.54) is 19.3 Å². The van der Waals surface area contributed by atoms with Crippen LogP contribution >= 0.6 is 15.9 Å². The molecule has 0 aromatic carbocycles. The van der Waals surface area contributed by atoms with E-state index < -0.39 is 0 Å². The van der Waals surface area contributed by atoms with Gasteiger partial charge in [-0.3, -0.25) is 4.98 Å². The van der Waals surface area contributed by atoms with Gasteiger partial charge in [0.1, 0.15) is 5.82 Å². The predicted molar refractivity (Wildman–Crippen MR) is 65.4 cm³/mol. The van der Waals surface area contributed by atoms with Gasteiger partial charge in [-0.15, -0.1) is 0 Å². The van der Waals surface area contributed by atoms with Crippen molar-refractivity contribution in [1.29, 1.82) is 0 Å². The van der Waals surface area contributed by atoms with E-state index in [9.17, 15) is 0 Å². The van der Waals surface area contributed by atoms with Crippen LogP contribution in [0.5, 0.6) is 0 Å². The van der Waals surface area contributed by atoms with Gasteiger partial charge < -0.3 is 4.90 Å². The van der Waals surface area contributed by atoms with Gasteiger partial charge >= 0.3 is 0 Å². The minimum absolute atomic E-state index is 0.569. The standard InChI is InChI=1S/C11H16BrN3/c1-9(12)7-10-3-2-6-15(10)11-8-13-4-5-14-11/h4-5,8-10H,2-3,6-7H2,1H3. The quantitative estimate of drug-likeness (QED) is 0.790. The van der Waals surface area contributed by atoms with E-state index in [-0.39, 0.29) is 0 Å². The summed E-state index contributed by atoms with van der Waals surface area (Å²) in [5.41, 5.74) is 0. The van der Waals surface area contributed by atoms with E-state index >= 15 is 0 Å². The lowest BCUT2D eigenvalue weighted by Gasteiger charge is -2.26. The zero-order valence-electron chi connectivity index (χ0n) is 8.93. The molecule has 4 heteroatoms. The third kappa shape index (κ3) is 2.68. The monoisotopic (exact) mass is 269 g/mol. The second-order valence-electron chi connectivity index (χ2n) is 4.07. The summed E-state index contributed by atoms with van der Waals surface area (Å²) in [6.07, 6.45) is 9.06. The highest BCUT2D eigenvalue weighted by Gasteiger charge is 2.26. The second kappa shape index (κ2) is 4.92. The van der Waals surface area contributed by atoms with Gasteiger partial charge in [0.25, 0.3) is 0 Å². The SMILES string of the molecule is CC(Br)CC1CCCN1c1cnccn1. The van der Waals surface area contributed by atoms with Crippen LogP contribution in [0.3, 0.4) is 0 Å². The van der Waals surface area contributed by atoms with Gasteiger partial charge in [0.05, 0.1) is 6.20 Å². The van der Waals surface area contributed by atoms with Crippen LogP contribution < -0.4 is 4.90 Å². The first-order valence-corrected chi connectivity index (χ1v) is 6.35. The van der Waals surface area contributed by atoms with Gasteiger partial charge in [0.15, 0.2) is 0 Å². The fourth-order valence-electron chi connectivity index (χ4n) is 2.20. The maximum Gasteiger partial charge on any atom is 0.147 e. The number of hydrogen-bond donors (Lipinski definition) is 0. The lowest BCUT2D eigenvalue weighted by atomic mass is 10.1. The summed E-state index contributed by atoms with van der Waals surface area (Å²) in [6.45, 7) is 3.32. The van der Waals surface area contributed by atoms with Gasteiger partial charge in [0, 0.05) is 29.8 Å². The smallest absolute Gasteiger partial charge is 0.147 e. The van der Waals surface area contributed by atoms with Crippen molar-refractivity contribution in [3.63, 3.8) is 0 Å². The third-order valence-electron chi connectivity index (χ3n) is 2.82. The number of rotatable bonds is 3. The Labute approximate surface area is 99.0 Å². The summed E-state index contributed by atoms with van der Waals surface area (Å²) >= 11 is 3.62. The molecule has 15 heavy (non-hydrogen) atoms. The number of nitrogens with zero attached hydrogens (tertiary/aromatic N) is 3. The maximum absolute atomic E-state index is 4.37. The first-order valence-electron chi connectivity index (χ1n) is 5.44. The Morgan fingerprint density at radius 2 is 2.47 bits per heavy atom. The van der Waals surface area contributed by atoms with Crippen molar-refractivity contribution in [2.24, 2.45) is 0 Å². The van der Waals surface area contributed by atoms with Crippen LogP contribution in [0.15, 0.2) is 18.6 Å². The molecule has 2 unspecified atom stereocenters. The molecule has 0 saturated carbocycles. The molecule has 1 fully saturated rings. The maximum atomic E-state index is 4.37. The van der Waals surface area contributed by atoms with Crippen LogP contribution in [-0.2, 0) is 0 Å². The molecule has 1 saturated heterocycles. The first kappa shape index (κ1) is 10.9. The zero-order chi connectivity index (χ0) is 10.7. The van der Waals surface area contributed by atoms with E-state index in [0.717, 1.165) is 12.4 Å². The number of anilines is 1. The summed E-state index contributed by atoms with van der Waals surface area (Å²) < 4.78 is 0. The van der Waals surface area contributed by atoms with Gasteiger partial charge in [-0.25, -0.2) is 4.98 Å². The topological polar surface area (TPSA) is 29.0 Å². The minimum atomic E-state index is 0.569. The average molecular weight is 270 g/mol. The molecule has 1 aliphatic rings. The summed E-state index contributed by atoms with van der Waals surface area (Å²) in [4.78, 5) is 11.4. The van der Waals surface area contributed by atoms with Crippen molar-refractivity contribution < 1.29 is 0 Å². The van der Waals surface area contributed by atoms with E-state index in [0.29, 0.717) is 10.9 Å². The fraction of sp³-hybridized carbons (Fsp3) is 0.636. The molecular weight excluding hydrogens is 254 g/mol. The van der Waals surface area contributed by atoms with Crippen molar-refractivity contribution in [2.75, 3.05) is 11.4 Å². The minimum Gasteiger partial charge on any atom is -0.352 e. The highest BCUT2D eigenvalue weighted by Crippen LogP contribution is 2.27. The molecule has 2 atom stereocenters. The highest BCUT2D eigenvalue weighted by atomic mass is 79.9. The Balaban J connectivity index is 2.08. The van der Waals surface area contributed by atoms with Crippen LogP contribution in [0.25, 0.3) is 0 Å². The van der Waals surface area contributed by atoms with Crippen molar-refractivity contribution in [2.45, 2.75) is 37.1 Å². The van der Waals surface area contributed by atoms with Crippen LogP contribution in [0.4, 0.5) is 5.82 Å². The molecule has 1 aliphatic heterocycles. The van der Waals surface area contributed by atoms with E-state index in [4.69, 9.17) is 0 Å². The zero-order valence-corrected chi connectivity index (χ0v) is 10.5. The van der Waals surface area contributed by atoms with Crippen molar-refractivity contribution >= 4 is 21.7 Å². The number of aromatic nitrogens is 2. The first-order chi connectivity index (χ1) is 7.27. The molecule has 0 spiro atoms. The number of alkyl halides is 1. The molecule has 0 amide bonds. The summed E-state index contributed by atoms with van der Waals surface area (Å²) in [6, 6.07) is 0.621. The van der Waals surface area contributed by atoms with Crippen LogP contribution in [0, 0.1) is 0 Å². The third-order valence-corrected chi connectivity index (χ3v) is 3.19. The Morgan fingerprint density at radius 1 is 1.60 bits per heavy atom. The predicted octanol–water partition coefficient (Wildman–Crippen LogP) is 2.62. The molecule has 0 radical (unpaired) electrons. The molecule has 0 bridgehead atoms. The molecular formula is C11H16BrN3. The molecule has 2 rings (SSSR count). The molecule has 3 nitrogen and oxygen atoms in total. The van der Waals surface area contributed by atoms with Gasteiger partial charge in [-0.2, -0.15) is 0 Å². The van der Waals surface area contributed by atoms with Crippen LogP contribution in [-0.4, -0.2) is 27.4 Å². The molecule has 1 aromatic heterocycles. The van der Waals surface area contributed by atoms with Crippen molar-refractivity contribution in [3.05, 3.63) is 18.6 Å². The van der Waals surface area contributed by atoms with E-state index in [1.54, 1.807) is 12.4 Å². The van der Waals surface area contributed by atoms with E-state index in [2.05, 4.69) is 37.7 Å². The normalized spacial score (nSPS) is 23.1. The molecule has 82 valence electrons. The van der Waals surface area contributed by atoms with Crippen LogP contribution in [0.1, 0.15) is 26.2 Å². The molecule has 1 aromatic rings. The van der Waals surface area contributed by atoms with Gasteiger partial charge in [-0.05, 0) is 19.3 Å².